The maximum Gasteiger partial charge on any atom is 0.268 e. The van der Waals surface area contributed by atoms with E-state index in [0.717, 1.165) is 77.0 Å². The highest BCUT2D eigenvalue weighted by atomic mass is 31.2. The van der Waals surface area contributed by atoms with E-state index in [4.69, 9.17) is 9.05 Å². The number of hydrogen-bond donors (Lipinski definition) is 2. The van der Waals surface area contributed by atoms with Gasteiger partial charge < -0.3 is 28.8 Å². The number of carbonyl (C=O) groups is 1. The lowest BCUT2D eigenvalue weighted by Crippen LogP contribution is -2.45. The number of allylic oxidation sites excluding steroid dienone is 11. The van der Waals surface area contributed by atoms with Crippen molar-refractivity contribution in [2.24, 2.45) is 0 Å². The zero-order valence-electron chi connectivity index (χ0n) is 52.8. The fourth-order valence-corrected chi connectivity index (χ4v) is 10.7. The van der Waals surface area contributed by atoms with Crippen LogP contribution in [0.5, 0.6) is 0 Å². The number of likely N-dealkylation sites (N-methyl/N-ethyl adjacent to an activating group) is 1. The van der Waals surface area contributed by atoms with Gasteiger partial charge in [0, 0.05) is 6.42 Å². The molecule has 0 saturated heterocycles. The van der Waals surface area contributed by atoms with Crippen LogP contribution >= 0.6 is 7.82 Å². The van der Waals surface area contributed by atoms with Gasteiger partial charge in [-0.3, -0.25) is 9.36 Å². The van der Waals surface area contributed by atoms with Crippen molar-refractivity contribution in [3.8, 4) is 0 Å². The van der Waals surface area contributed by atoms with E-state index in [9.17, 15) is 19.4 Å². The van der Waals surface area contributed by atoms with Crippen LogP contribution in [0.3, 0.4) is 0 Å². The number of aliphatic hydroxyl groups excluding tert-OH is 1. The normalized spacial score (nSPS) is 14.2. The second kappa shape index (κ2) is 60.5. The number of phosphoric acid groups is 1. The van der Waals surface area contributed by atoms with E-state index in [1.54, 1.807) is 6.08 Å². The molecule has 0 aliphatic carbocycles. The van der Waals surface area contributed by atoms with Gasteiger partial charge >= 0.3 is 0 Å². The van der Waals surface area contributed by atoms with Crippen LogP contribution in [0.15, 0.2) is 72.9 Å². The molecule has 0 aromatic carbocycles. The highest BCUT2D eigenvalue weighted by Gasteiger charge is 2.23. The van der Waals surface area contributed by atoms with Gasteiger partial charge in [-0.2, -0.15) is 0 Å². The predicted molar refractivity (Wildman–Crippen MR) is 344 cm³/mol. The van der Waals surface area contributed by atoms with E-state index >= 15 is 0 Å². The summed E-state index contributed by atoms with van der Waals surface area (Å²) in [5.41, 5.74) is 0. The summed E-state index contributed by atoms with van der Waals surface area (Å²) in [4.78, 5) is 25.6. The van der Waals surface area contributed by atoms with Crippen molar-refractivity contribution < 1.29 is 32.9 Å². The van der Waals surface area contributed by atoms with Crippen molar-refractivity contribution in [1.82, 2.24) is 5.32 Å². The third kappa shape index (κ3) is 63.4. The monoisotopic (exact) mass is 1130 g/mol. The molecule has 79 heavy (non-hydrogen) atoms. The Morgan fingerprint density at radius 1 is 0.456 bits per heavy atom. The Morgan fingerprint density at radius 3 is 1.13 bits per heavy atom. The van der Waals surface area contributed by atoms with Gasteiger partial charge in [-0.1, -0.05) is 318 Å². The summed E-state index contributed by atoms with van der Waals surface area (Å²) in [7, 11) is 1.26. The number of aliphatic hydroxyl groups is 1. The van der Waals surface area contributed by atoms with E-state index in [-0.39, 0.29) is 19.1 Å². The van der Waals surface area contributed by atoms with Gasteiger partial charge in [-0.25, -0.2) is 0 Å². The molecule has 0 heterocycles. The lowest BCUT2D eigenvalue weighted by atomic mass is 10.0. The number of amides is 1. The molecule has 0 spiro atoms. The van der Waals surface area contributed by atoms with Gasteiger partial charge in [0.25, 0.3) is 7.82 Å². The fourth-order valence-electron chi connectivity index (χ4n) is 9.95. The molecule has 8 nitrogen and oxygen atoms in total. The summed E-state index contributed by atoms with van der Waals surface area (Å²) in [6, 6.07) is -0.896. The molecule has 0 aromatic heterocycles. The topological polar surface area (TPSA) is 108 Å². The maximum absolute atomic E-state index is 13.0. The van der Waals surface area contributed by atoms with E-state index < -0.39 is 20.0 Å². The summed E-state index contributed by atoms with van der Waals surface area (Å²) in [5.74, 6) is -0.203. The van der Waals surface area contributed by atoms with Gasteiger partial charge in [-0.05, 0) is 64.2 Å². The lowest BCUT2D eigenvalue weighted by Gasteiger charge is -2.29. The van der Waals surface area contributed by atoms with E-state index in [0.29, 0.717) is 17.4 Å². The molecular formula is C70H131N2O6P. The van der Waals surface area contributed by atoms with Crippen LogP contribution in [0.4, 0.5) is 0 Å². The van der Waals surface area contributed by atoms with Crippen LogP contribution in [0.1, 0.15) is 316 Å². The molecular weight excluding hydrogens is 996 g/mol. The average Bonchev–Trinajstić information content (AvgIpc) is 3.42. The van der Waals surface area contributed by atoms with E-state index in [1.807, 2.05) is 27.2 Å². The second-order valence-corrected chi connectivity index (χ2v) is 25.6. The van der Waals surface area contributed by atoms with E-state index in [1.165, 1.54) is 218 Å². The molecule has 1 amide bonds. The Kier molecular flexibility index (Phi) is 59.0. The first-order chi connectivity index (χ1) is 38.5. The minimum atomic E-state index is -4.61. The zero-order chi connectivity index (χ0) is 57.7. The smallest absolute Gasteiger partial charge is 0.268 e. The highest BCUT2D eigenvalue weighted by molar-refractivity contribution is 7.45. The number of quaternary nitrogens is 1. The van der Waals surface area contributed by atoms with Crippen molar-refractivity contribution in [2.75, 3.05) is 40.9 Å². The Balaban J connectivity index is 4.10. The van der Waals surface area contributed by atoms with Crippen molar-refractivity contribution in [3.63, 3.8) is 0 Å². The molecule has 0 rings (SSSR count). The number of carbonyl (C=O) groups excluding carboxylic acids is 1. The minimum Gasteiger partial charge on any atom is -0.756 e. The highest BCUT2D eigenvalue weighted by Crippen LogP contribution is 2.38. The van der Waals surface area contributed by atoms with Gasteiger partial charge in [0.2, 0.25) is 5.91 Å². The molecule has 2 N–H and O–H groups in total. The summed E-state index contributed by atoms with van der Waals surface area (Å²) < 4.78 is 23.4. The van der Waals surface area contributed by atoms with Crippen LogP contribution < -0.4 is 10.2 Å². The van der Waals surface area contributed by atoms with Crippen LogP contribution in [0.25, 0.3) is 0 Å². The zero-order valence-corrected chi connectivity index (χ0v) is 53.7. The van der Waals surface area contributed by atoms with Crippen molar-refractivity contribution >= 4 is 13.7 Å². The molecule has 0 aromatic rings. The summed E-state index contributed by atoms with van der Waals surface area (Å²) in [6.07, 6.45) is 84.4. The molecule has 3 unspecified atom stereocenters. The Bertz CT molecular complexity index is 1520. The number of nitrogens with one attached hydrogen (secondary N) is 1. The van der Waals surface area contributed by atoms with Gasteiger partial charge in [0.15, 0.2) is 0 Å². The van der Waals surface area contributed by atoms with Gasteiger partial charge in [0.1, 0.15) is 13.2 Å². The third-order valence-corrected chi connectivity index (χ3v) is 16.1. The van der Waals surface area contributed by atoms with Crippen LogP contribution in [-0.2, 0) is 18.4 Å². The lowest BCUT2D eigenvalue weighted by molar-refractivity contribution is -0.870. The Hall–Kier alpha value is -2.06. The minimum absolute atomic E-state index is 0.00470. The van der Waals surface area contributed by atoms with Crippen LogP contribution in [0.2, 0.25) is 0 Å². The largest absolute Gasteiger partial charge is 0.756 e. The molecule has 462 valence electrons. The molecule has 0 radical (unpaired) electrons. The van der Waals surface area contributed by atoms with Crippen molar-refractivity contribution in [1.29, 1.82) is 0 Å². The number of phosphoric ester groups is 1. The first-order valence-electron chi connectivity index (χ1n) is 33.8. The first kappa shape index (κ1) is 76.9. The molecule has 0 saturated carbocycles. The maximum atomic E-state index is 13.0. The van der Waals surface area contributed by atoms with E-state index in [2.05, 4.69) is 79.9 Å². The molecule has 9 heteroatoms. The summed E-state index contributed by atoms with van der Waals surface area (Å²) in [6.45, 7) is 4.56. The molecule has 0 aliphatic rings. The second-order valence-electron chi connectivity index (χ2n) is 24.2. The fraction of sp³-hybridized carbons (Fsp3) is 0.814. The Labute approximate surface area is 491 Å². The summed E-state index contributed by atoms with van der Waals surface area (Å²) in [5, 5.41) is 14.0. The molecule has 0 bridgehead atoms. The quantitative estimate of drug-likeness (QED) is 0.0272. The first-order valence-corrected chi connectivity index (χ1v) is 35.3. The number of hydrogen-bond acceptors (Lipinski definition) is 6. The van der Waals surface area contributed by atoms with Gasteiger partial charge in [0.05, 0.1) is 39.9 Å². The molecule has 3 atom stereocenters. The summed E-state index contributed by atoms with van der Waals surface area (Å²) >= 11 is 0. The predicted octanol–water partition coefficient (Wildman–Crippen LogP) is 20.8. The third-order valence-electron chi connectivity index (χ3n) is 15.2. The van der Waals surface area contributed by atoms with Crippen molar-refractivity contribution in [3.05, 3.63) is 72.9 Å². The number of nitrogens with zero attached hydrogens (tertiary/aromatic N) is 1. The molecule has 0 fully saturated rings. The Morgan fingerprint density at radius 2 is 0.772 bits per heavy atom. The SMILES string of the molecule is CC/C=C\C/C=C\C/C=C\C/C=C\C/C=C\CCCCCCCCCCCC(=O)NC(COP(=O)([O-])OCC[N+](C)(C)C)C(O)/C=C/CCCCCCCCCCCCCCCCCCCCCCCCCCCCCCCC. The standard InChI is InChI=1S/C70H131N2O6P/c1-6-8-10-12-14-16-18-20-22-24-26-28-30-32-33-34-35-36-37-38-40-41-43-45-47-49-51-53-55-57-59-61-63-69(73)68(67-78-79(75,76)77-66-65-72(3,4)5)71-70(74)64-62-60-58-56-54-52-50-48-46-44-42-39-31-29-27-25-23-21-19-17-15-13-11-9-7-2/h9,11,15,17,21,23,27,29,39,42,61,63,68-69,73H,6-8,10,12-14,16,18-20,22,24-26,28,30-38,40-41,43-60,62,64-67H2,1-5H3,(H-,71,74,75,76)/b11-9-,17-15-,23-21-,29-27-,42-39-,63-61+. The number of rotatable bonds is 62. The average molecular weight is 1130 g/mol. The number of unbranched alkanes of at least 4 members (excludes halogenated alkanes) is 39. The van der Waals surface area contributed by atoms with Gasteiger partial charge in [-0.15, -0.1) is 0 Å². The van der Waals surface area contributed by atoms with Crippen LogP contribution in [-0.4, -0.2) is 68.5 Å². The molecule has 0 aliphatic heterocycles. The van der Waals surface area contributed by atoms with Crippen LogP contribution in [0, 0.1) is 0 Å². The van der Waals surface area contributed by atoms with Crippen molar-refractivity contribution in [2.45, 2.75) is 328 Å².